The van der Waals surface area contributed by atoms with Crippen molar-refractivity contribution in [1.82, 2.24) is 14.5 Å². The summed E-state index contributed by atoms with van der Waals surface area (Å²) in [5, 5.41) is 11.8. The molecule has 7 heteroatoms. The zero-order valence-electron chi connectivity index (χ0n) is 17.0. The van der Waals surface area contributed by atoms with E-state index in [9.17, 15) is 9.90 Å². The molecule has 4 aromatic rings. The first kappa shape index (κ1) is 20.2. The van der Waals surface area contributed by atoms with Crippen LogP contribution in [0.1, 0.15) is 25.1 Å². The second-order valence-electron chi connectivity index (χ2n) is 7.71. The number of fused-ring (bicyclic) bond motifs is 2. The van der Waals surface area contributed by atoms with Crippen molar-refractivity contribution in [3.63, 3.8) is 0 Å². The molecule has 2 aromatic heterocycles. The Bertz CT molecular complexity index is 1260. The quantitative estimate of drug-likeness (QED) is 0.461. The molecule has 2 aromatic carbocycles. The van der Waals surface area contributed by atoms with Crippen molar-refractivity contribution >= 4 is 39.4 Å². The molecule has 0 spiro atoms. The van der Waals surface area contributed by atoms with E-state index in [0.29, 0.717) is 23.4 Å². The Morgan fingerprint density at radius 2 is 1.97 bits per heavy atom. The fraction of sp³-hybridized carbons (Fsp3) is 0.261. The predicted octanol–water partition coefficient (Wildman–Crippen LogP) is 5.20. The van der Waals surface area contributed by atoms with Crippen LogP contribution in [0.25, 0.3) is 27.6 Å². The highest BCUT2D eigenvalue weighted by Crippen LogP contribution is 2.34. The lowest BCUT2D eigenvalue weighted by Crippen LogP contribution is -2.04. The fourth-order valence-corrected chi connectivity index (χ4v) is 3.82. The van der Waals surface area contributed by atoms with Gasteiger partial charge in [0.15, 0.2) is 0 Å². The van der Waals surface area contributed by atoms with Gasteiger partial charge in [0.25, 0.3) is 0 Å². The van der Waals surface area contributed by atoms with Crippen molar-refractivity contribution in [1.29, 1.82) is 0 Å². The van der Waals surface area contributed by atoms with Gasteiger partial charge in [-0.25, -0.2) is 9.97 Å². The molecule has 30 heavy (non-hydrogen) atoms. The summed E-state index contributed by atoms with van der Waals surface area (Å²) in [4.78, 5) is 20.4. The summed E-state index contributed by atoms with van der Waals surface area (Å²) in [6, 6.07) is 11.3. The smallest absolute Gasteiger partial charge is 0.307 e. The Morgan fingerprint density at radius 3 is 2.70 bits per heavy atom. The number of carboxylic acids is 1. The van der Waals surface area contributed by atoms with E-state index in [0.717, 1.165) is 38.8 Å². The Kier molecular flexibility index (Phi) is 5.35. The van der Waals surface area contributed by atoms with Crippen molar-refractivity contribution in [2.24, 2.45) is 5.92 Å². The number of carbonyl (C=O) groups is 1. The Balaban J connectivity index is 1.96. The minimum atomic E-state index is -0.884. The van der Waals surface area contributed by atoms with Gasteiger partial charge in [-0.3, -0.25) is 9.36 Å². The summed E-state index contributed by atoms with van der Waals surface area (Å²) in [7, 11) is 0. The van der Waals surface area contributed by atoms with Crippen molar-refractivity contribution in [3.05, 3.63) is 59.0 Å². The molecule has 0 radical (unpaired) electrons. The van der Waals surface area contributed by atoms with Gasteiger partial charge in [-0.2, -0.15) is 0 Å². The summed E-state index contributed by atoms with van der Waals surface area (Å²) in [5.74, 6) is 0.917. The van der Waals surface area contributed by atoms with E-state index in [1.807, 2.05) is 35.8 Å². The Morgan fingerprint density at radius 1 is 1.17 bits per heavy atom. The van der Waals surface area contributed by atoms with Crippen molar-refractivity contribution < 1.29 is 14.6 Å². The third kappa shape index (κ3) is 3.71. The molecule has 0 amide bonds. The number of ether oxygens (including phenoxy) is 1. The normalized spacial score (nSPS) is 11.5. The predicted molar refractivity (Wildman–Crippen MR) is 118 cm³/mol. The van der Waals surface area contributed by atoms with Gasteiger partial charge in [0.2, 0.25) is 0 Å². The van der Waals surface area contributed by atoms with Gasteiger partial charge in [-0.15, -0.1) is 0 Å². The summed E-state index contributed by atoms with van der Waals surface area (Å²) >= 11 is 6.13. The second-order valence-corrected chi connectivity index (χ2v) is 8.15. The third-order valence-electron chi connectivity index (χ3n) is 5.01. The molecule has 0 aliphatic heterocycles. The highest BCUT2D eigenvalue weighted by Gasteiger charge is 2.20. The highest BCUT2D eigenvalue weighted by atomic mass is 35.5. The van der Waals surface area contributed by atoms with Gasteiger partial charge in [-0.05, 0) is 54.8 Å². The molecule has 0 aliphatic rings. The summed E-state index contributed by atoms with van der Waals surface area (Å²) in [5.41, 5.74) is 3.16. The fourth-order valence-electron chi connectivity index (χ4n) is 3.66. The molecular formula is C23H22ClN3O3. The standard InChI is InChI=1S/C23H22ClN3O3/c1-13(2)11-30-16-5-7-21-19(9-16)18(10-22(28)29)14(3)27(21)23-17-6-4-15(24)8-20(17)25-12-26-23/h4-9,12-13H,10-11H2,1-3H3,(H,28,29). The number of benzene rings is 2. The van der Waals surface area contributed by atoms with Crippen LogP contribution in [0.4, 0.5) is 0 Å². The lowest BCUT2D eigenvalue weighted by Gasteiger charge is -2.11. The largest absolute Gasteiger partial charge is 0.493 e. The molecule has 0 aliphatic carbocycles. The van der Waals surface area contributed by atoms with E-state index < -0.39 is 5.97 Å². The molecule has 4 rings (SSSR count). The van der Waals surface area contributed by atoms with Crippen LogP contribution in [-0.4, -0.2) is 32.2 Å². The first-order valence-corrected chi connectivity index (χ1v) is 10.1. The van der Waals surface area contributed by atoms with E-state index >= 15 is 0 Å². The van der Waals surface area contributed by atoms with Gasteiger partial charge in [0, 0.05) is 21.5 Å². The average Bonchev–Trinajstić information content (AvgIpc) is 2.96. The minimum absolute atomic E-state index is 0.0855. The van der Waals surface area contributed by atoms with E-state index in [-0.39, 0.29) is 6.42 Å². The van der Waals surface area contributed by atoms with Crippen molar-refractivity contribution in [2.75, 3.05) is 6.61 Å². The van der Waals surface area contributed by atoms with Crippen LogP contribution in [0.3, 0.4) is 0 Å². The average molecular weight is 424 g/mol. The zero-order valence-corrected chi connectivity index (χ0v) is 17.8. The van der Waals surface area contributed by atoms with Gasteiger partial charge in [-0.1, -0.05) is 25.4 Å². The number of nitrogens with zero attached hydrogens (tertiary/aromatic N) is 3. The van der Waals surface area contributed by atoms with Gasteiger partial charge >= 0.3 is 5.97 Å². The molecule has 0 atom stereocenters. The third-order valence-corrected chi connectivity index (χ3v) is 5.24. The van der Waals surface area contributed by atoms with Gasteiger partial charge in [0.05, 0.1) is 24.1 Å². The number of rotatable bonds is 6. The monoisotopic (exact) mass is 423 g/mol. The first-order chi connectivity index (χ1) is 14.3. The van der Waals surface area contributed by atoms with Crippen molar-refractivity contribution in [2.45, 2.75) is 27.2 Å². The number of aromatic nitrogens is 3. The van der Waals surface area contributed by atoms with Gasteiger partial charge in [0.1, 0.15) is 17.9 Å². The molecule has 0 saturated carbocycles. The molecule has 6 nitrogen and oxygen atoms in total. The number of halogens is 1. The lowest BCUT2D eigenvalue weighted by atomic mass is 10.1. The second kappa shape index (κ2) is 7.95. The number of carboxylic acid groups (broad SMARTS) is 1. The SMILES string of the molecule is Cc1c(CC(=O)O)c2cc(OCC(C)C)ccc2n1-c1ncnc2cc(Cl)ccc12. The van der Waals surface area contributed by atoms with Crippen LogP contribution in [-0.2, 0) is 11.2 Å². The van der Waals surface area contributed by atoms with Crippen LogP contribution >= 0.6 is 11.6 Å². The number of aliphatic carboxylic acids is 1. The van der Waals surface area contributed by atoms with Crippen LogP contribution < -0.4 is 4.74 Å². The van der Waals surface area contributed by atoms with E-state index in [4.69, 9.17) is 16.3 Å². The molecule has 1 N–H and O–H groups in total. The van der Waals surface area contributed by atoms with Gasteiger partial charge < -0.3 is 9.84 Å². The summed E-state index contributed by atoms with van der Waals surface area (Å²) in [6.45, 7) is 6.68. The molecule has 154 valence electrons. The molecule has 0 fully saturated rings. The highest BCUT2D eigenvalue weighted by molar-refractivity contribution is 6.31. The topological polar surface area (TPSA) is 77.2 Å². The Labute approximate surface area is 179 Å². The summed E-state index contributed by atoms with van der Waals surface area (Å²) < 4.78 is 7.86. The van der Waals surface area contributed by atoms with E-state index in [1.165, 1.54) is 6.33 Å². The maximum absolute atomic E-state index is 11.6. The van der Waals surface area contributed by atoms with Crippen LogP contribution in [0.5, 0.6) is 5.75 Å². The number of hydrogen-bond donors (Lipinski definition) is 1. The Hall–Kier alpha value is -3.12. The zero-order chi connectivity index (χ0) is 21.4. The molecule has 2 heterocycles. The van der Waals surface area contributed by atoms with Crippen LogP contribution in [0.15, 0.2) is 42.7 Å². The van der Waals surface area contributed by atoms with E-state index in [1.54, 1.807) is 12.1 Å². The maximum atomic E-state index is 11.6. The molecule has 0 saturated heterocycles. The van der Waals surface area contributed by atoms with Crippen molar-refractivity contribution in [3.8, 4) is 11.6 Å². The van der Waals surface area contributed by atoms with Crippen LogP contribution in [0.2, 0.25) is 5.02 Å². The summed E-state index contributed by atoms with van der Waals surface area (Å²) in [6.07, 6.45) is 1.41. The molecule has 0 bridgehead atoms. The molecular weight excluding hydrogens is 402 g/mol. The first-order valence-electron chi connectivity index (χ1n) is 9.74. The maximum Gasteiger partial charge on any atom is 0.307 e. The molecule has 0 unspecified atom stereocenters. The minimum Gasteiger partial charge on any atom is -0.493 e. The lowest BCUT2D eigenvalue weighted by molar-refractivity contribution is -0.136. The van der Waals surface area contributed by atoms with E-state index in [2.05, 4.69) is 23.8 Å². The number of hydrogen-bond acceptors (Lipinski definition) is 4. The van der Waals surface area contributed by atoms with Crippen LogP contribution in [0, 0.1) is 12.8 Å².